The van der Waals surface area contributed by atoms with Crippen LogP contribution in [0.25, 0.3) is 0 Å². The Morgan fingerprint density at radius 2 is 1.70 bits per heavy atom. The molecule has 2 fully saturated rings. The molecule has 0 spiro atoms. The zero-order valence-electron chi connectivity index (χ0n) is 6.41. The van der Waals surface area contributed by atoms with Crippen LogP contribution in [0.3, 0.4) is 0 Å². The lowest BCUT2D eigenvalue weighted by Crippen LogP contribution is -2.29. The van der Waals surface area contributed by atoms with Crippen molar-refractivity contribution >= 4 is 11.6 Å². The summed E-state index contributed by atoms with van der Waals surface area (Å²) in [5.41, 5.74) is 0. The first-order valence-electron chi connectivity index (χ1n) is 4.50. The first-order chi connectivity index (χ1) is 4.81. The van der Waals surface area contributed by atoms with Gasteiger partial charge in [-0.1, -0.05) is 19.3 Å². The van der Waals surface area contributed by atoms with Gasteiger partial charge in [-0.25, -0.2) is 0 Å². The molecular weight excluding hydrogens is 144 g/mol. The van der Waals surface area contributed by atoms with Crippen molar-refractivity contribution in [2.24, 2.45) is 5.92 Å². The van der Waals surface area contributed by atoms with Crippen molar-refractivity contribution in [3.05, 3.63) is 0 Å². The first-order valence-corrected chi connectivity index (χ1v) is 4.88. The Morgan fingerprint density at radius 1 is 1.00 bits per heavy atom. The van der Waals surface area contributed by atoms with Gasteiger partial charge in [0, 0.05) is 4.87 Å². The molecule has 0 aliphatic heterocycles. The number of hydrogen-bond acceptors (Lipinski definition) is 0. The second kappa shape index (κ2) is 2.41. The van der Waals surface area contributed by atoms with Crippen LogP contribution in [-0.2, 0) is 0 Å². The fourth-order valence-electron chi connectivity index (χ4n) is 2.65. The van der Waals surface area contributed by atoms with Crippen molar-refractivity contribution in [3.63, 3.8) is 0 Å². The van der Waals surface area contributed by atoms with E-state index in [1.807, 2.05) is 0 Å². The molecule has 2 saturated carbocycles. The van der Waals surface area contributed by atoms with Crippen molar-refractivity contribution in [1.29, 1.82) is 0 Å². The summed E-state index contributed by atoms with van der Waals surface area (Å²) in [6.45, 7) is 0. The minimum Gasteiger partial charge on any atom is -0.119 e. The molecule has 58 valence electrons. The van der Waals surface area contributed by atoms with Gasteiger partial charge in [0.2, 0.25) is 0 Å². The lowest BCUT2D eigenvalue weighted by molar-refractivity contribution is 0.305. The smallest absolute Gasteiger partial charge is 0.0475 e. The molecule has 2 aliphatic carbocycles. The van der Waals surface area contributed by atoms with E-state index in [4.69, 9.17) is 11.6 Å². The van der Waals surface area contributed by atoms with E-state index in [1.165, 1.54) is 44.9 Å². The minimum absolute atomic E-state index is 0.262. The van der Waals surface area contributed by atoms with E-state index in [9.17, 15) is 0 Å². The Morgan fingerprint density at radius 3 is 2.50 bits per heavy atom. The molecule has 0 aromatic rings. The Balaban J connectivity index is 2.10. The van der Waals surface area contributed by atoms with Crippen LogP contribution in [0.4, 0.5) is 0 Å². The Labute approximate surface area is 68.0 Å². The van der Waals surface area contributed by atoms with Crippen molar-refractivity contribution < 1.29 is 0 Å². The number of halogens is 1. The van der Waals surface area contributed by atoms with Crippen molar-refractivity contribution in [2.45, 2.75) is 49.8 Å². The standard InChI is InChI=1S/C9H15Cl/c10-9-6-2-1-4-8(9)5-3-7-9/h8H,1-7H2/t8-,9+/m1/s1. The van der Waals surface area contributed by atoms with Crippen molar-refractivity contribution in [3.8, 4) is 0 Å². The van der Waals surface area contributed by atoms with Crippen molar-refractivity contribution in [2.75, 3.05) is 0 Å². The van der Waals surface area contributed by atoms with E-state index in [0.717, 1.165) is 5.92 Å². The highest BCUT2D eigenvalue weighted by Crippen LogP contribution is 2.49. The van der Waals surface area contributed by atoms with Crippen LogP contribution in [0.1, 0.15) is 44.9 Å². The maximum absolute atomic E-state index is 6.47. The second-order valence-corrected chi connectivity index (χ2v) is 4.62. The summed E-state index contributed by atoms with van der Waals surface area (Å²) in [7, 11) is 0. The molecular formula is C9H15Cl. The van der Waals surface area contributed by atoms with Crippen LogP contribution in [0.2, 0.25) is 0 Å². The summed E-state index contributed by atoms with van der Waals surface area (Å²) in [5.74, 6) is 0.878. The largest absolute Gasteiger partial charge is 0.119 e. The molecule has 2 atom stereocenters. The highest BCUT2D eigenvalue weighted by atomic mass is 35.5. The highest BCUT2D eigenvalue weighted by molar-refractivity contribution is 6.24. The molecule has 0 amide bonds. The lowest BCUT2D eigenvalue weighted by Gasteiger charge is -2.33. The zero-order chi connectivity index (χ0) is 7.03. The van der Waals surface area contributed by atoms with E-state index < -0.39 is 0 Å². The Kier molecular flexibility index (Phi) is 1.68. The van der Waals surface area contributed by atoms with Crippen molar-refractivity contribution in [1.82, 2.24) is 0 Å². The van der Waals surface area contributed by atoms with Gasteiger partial charge in [0.1, 0.15) is 0 Å². The average molecular weight is 159 g/mol. The van der Waals surface area contributed by atoms with Crippen LogP contribution >= 0.6 is 11.6 Å². The van der Waals surface area contributed by atoms with Crippen LogP contribution in [0, 0.1) is 5.92 Å². The predicted molar refractivity (Wildman–Crippen MR) is 44.4 cm³/mol. The first kappa shape index (κ1) is 6.97. The Bertz CT molecular complexity index is 133. The normalized spacial score (nSPS) is 47.1. The quantitative estimate of drug-likeness (QED) is 0.475. The summed E-state index contributed by atoms with van der Waals surface area (Å²) < 4.78 is 0. The van der Waals surface area contributed by atoms with Gasteiger partial charge < -0.3 is 0 Å². The number of fused-ring (bicyclic) bond motifs is 1. The van der Waals surface area contributed by atoms with E-state index in [2.05, 4.69) is 0 Å². The summed E-state index contributed by atoms with van der Waals surface area (Å²) in [4.78, 5) is 0.262. The van der Waals surface area contributed by atoms with E-state index in [-0.39, 0.29) is 4.87 Å². The van der Waals surface area contributed by atoms with Gasteiger partial charge in [-0.15, -0.1) is 11.6 Å². The van der Waals surface area contributed by atoms with Gasteiger partial charge in [0.05, 0.1) is 0 Å². The SMILES string of the molecule is Cl[C@]12CCCC[C@@H]1CCC2. The van der Waals surface area contributed by atoms with E-state index >= 15 is 0 Å². The van der Waals surface area contributed by atoms with E-state index in [1.54, 1.807) is 0 Å². The second-order valence-electron chi connectivity index (χ2n) is 3.87. The summed E-state index contributed by atoms with van der Waals surface area (Å²) in [6.07, 6.45) is 9.58. The number of hydrogen-bond donors (Lipinski definition) is 0. The molecule has 0 N–H and O–H groups in total. The molecule has 0 aromatic carbocycles. The van der Waals surface area contributed by atoms with Crippen LogP contribution in [0.15, 0.2) is 0 Å². The maximum atomic E-state index is 6.47. The highest BCUT2D eigenvalue weighted by Gasteiger charge is 2.42. The third kappa shape index (κ3) is 0.972. The molecule has 2 rings (SSSR count). The molecule has 0 aromatic heterocycles. The predicted octanol–water partition coefficient (Wildman–Crippen LogP) is 3.34. The van der Waals surface area contributed by atoms with Gasteiger partial charge in [0.15, 0.2) is 0 Å². The molecule has 2 aliphatic rings. The topological polar surface area (TPSA) is 0 Å². The fraction of sp³-hybridized carbons (Fsp3) is 1.00. The molecule has 0 saturated heterocycles. The minimum atomic E-state index is 0.262. The van der Waals surface area contributed by atoms with Gasteiger partial charge in [0.25, 0.3) is 0 Å². The van der Waals surface area contributed by atoms with Crippen LogP contribution in [0.5, 0.6) is 0 Å². The fourth-order valence-corrected chi connectivity index (χ4v) is 3.13. The Hall–Kier alpha value is 0.290. The van der Waals surface area contributed by atoms with E-state index in [0.29, 0.717) is 0 Å². The average Bonchev–Trinajstić information content (AvgIpc) is 2.29. The van der Waals surface area contributed by atoms with Crippen LogP contribution in [-0.4, -0.2) is 4.87 Å². The summed E-state index contributed by atoms with van der Waals surface area (Å²) in [5, 5.41) is 0. The number of alkyl halides is 1. The molecule has 0 unspecified atom stereocenters. The molecule has 1 heteroatoms. The number of rotatable bonds is 0. The van der Waals surface area contributed by atoms with Gasteiger partial charge >= 0.3 is 0 Å². The van der Waals surface area contributed by atoms with Gasteiger partial charge in [-0.05, 0) is 31.6 Å². The molecule has 0 heterocycles. The summed E-state index contributed by atoms with van der Waals surface area (Å²) >= 11 is 6.47. The molecule has 10 heavy (non-hydrogen) atoms. The zero-order valence-corrected chi connectivity index (χ0v) is 7.16. The third-order valence-corrected chi connectivity index (χ3v) is 3.96. The molecule has 0 bridgehead atoms. The maximum Gasteiger partial charge on any atom is 0.0475 e. The van der Waals surface area contributed by atoms with Gasteiger partial charge in [-0.3, -0.25) is 0 Å². The summed E-state index contributed by atoms with van der Waals surface area (Å²) in [6, 6.07) is 0. The molecule has 0 radical (unpaired) electrons. The monoisotopic (exact) mass is 158 g/mol. The van der Waals surface area contributed by atoms with Crippen LogP contribution < -0.4 is 0 Å². The van der Waals surface area contributed by atoms with Gasteiger partial charge in [-0.2, -0.15) is 0 Å². The third-order valence-electron chi connectivity index (χ3n) is 3.27. The lowest BCUT2D eigenvalue weighted by atomic mass is 9.81. The molecule has 0 nitrogen and oxygen atoms in total.